The predicted octanol–water partition coefficient (Wildman–Crippen LogP) is 14.7. The molecular weight excluding hydrogens is 980 g/mol. The zero-order valence-corrected chi connectivity index (χ0v) is 37.7. The maximum absolute atomic E-state index is 13.1. The van der Waals surface area contributed by atoms with Gasteiger partial charge in [-0.2, -0.15) is 53.6 Å². The third-order valence-electron chi connectivity index (χ3n) is 10.6. The molecule has 0 bridgehead atoms. The van der Waals surface area contributed by atoms with Crippen LogP contribution in [0.5, 0.6) is 23.0 Å². The first-order valence-corrected chi connectivity index (χ1v) is 21.3. The van der Waals surface area contributed by atoms with Gasteiger partial charge in [-0.1, -0.05) is 72.8 Å². The maximum atomic E-state index is 13.1. The van der Waals surface area contributed by atoms with E-state index >= 15 is 0 Å². The number of nitrogens with zero attached hydrogens (tertiary/aromatic N) is 7. The molecule has 0 aliphatic rings. The van der Waals surface area contributed by atoms with Gasteiger partial charge in [0.1, 0.15) is 29.1 Å². The van der Waals surface area contributed by atoms with Gasteiger partial charge >= 0.3 is 24.6 Å². The predicted molar refractivity (Wildman–Crippen MR) is 246 cm³/mol. The number of rotatable bonds is 8. The number of benzene rings is 4. The molecule has 73 heavy (non-hydrogen) atoms. The van der Waals surface area contributed by atoms with E-state index in [9.17, 15) is 48.3 Å². The fraction of sp³-hybridized carbons (Fsp3) is 0.115. The lowest BCUT2D eigenvalue weighted by molar-refractivity contribution is -0.159. The lowest BCUT2D eigenvalue weighted by atomic mass is 10.1. The van der Waals surface area contributed by atoms with Gasteiger partial charge in [0.2, 0.25) is 17.5 Å². The molecule has 4 aromatic carbocycles. The zero-order valence-electron chi connectivity index (χ0n) is 37.7. The molecule has 0 saturated carbocycles. The van der Waals surface area contributed by atoms with E-state index in [0.717, 1.165) is 30.1 Å². The molecule has 0 fully saturated rings. The van der Waals surface area contributed by atoms with Crippen LogP contribution in [0.25, 0.3) is 49.9 Å². The van der Waals surface area contributed by atoms with E-state index in [0.29, 0.717) is 51.7 Å². The van der Waals surface area contributed by atoms with Crippen LogP contribution in [0, 0.1) is 11.3 Å². The number of methoxy groups -OCH3 is 1. The quantitative estimate of drug-likeness (QED) is 0.140. The molecule has 0 spiro atoms. The van der Waals surface area contributed by atoms with Gasteiger partial charge in [0, 0.05) is 25.5 Å². The Morgan fingerprint density at radius 3 is 1.27 bits per heavy atom. The molecule has 0 unspecified atom stereocenters. The van der Waals surface area contributed by atoms with Gasteiger partial charge in [-0.25, -0.2) is 15.0 Å². The summed E-state index contributed by atoms with van der Waals surface area (Å²) >= 11 is 0. The smallest absolute Gasteiger partial charge is 0.450 e. The van der Waals surface area contributed by atoms with Crippen molar-refractivity contribution in [3.63, 3.8) is 0 Å². The van der Waals surface area contributed by atoms with Gasteiger partial charge < -0.3 is 14.2 Å². The highest BCUT2D eigenvalue weighted by Gasteiger charge is 2.38. The summed E-state index contributed by atoms with van der Waals surface area (Å²) < 4.78 is 161. The largest absolute Gasteiger partial charge is 0.497 e. The van der Waals surface area contributed by atoms with Crippen LogP contribution in [0.2, 0.25) is 0 Å². The Hall–Kier alpha value is -8.93. The van der Waals surface area contributed by atoms with Crippen molar-refractivity contribution in [1.29, 1.82) is 5.26 Å². The highest BCUT2D eigenvalue weighted by atomic mass is 19.4. The van der Waals surface area contributed by atoms with Crippen LogP contribution in [0.3, 0.4) is 0 Å². The number of halogens is 11. The second-order valence-electron chi connectivity index (χ2n) is 15.8. The highest BCUT2D eigenvalue weighted by Crippen LogP contribution is 2.35. The molecule has 0 atom stereocenters. The summed E-state index contributed by atoms with van der Waals surface area (Å²) in [5.74, 6) is -1.08. The molecule has 372 valence electrons. The second kappa shape index (κ2) is 20.1. The van der Waals surface area contributed by atoms with Crippen molar-refractivity contribution >= 4 is 16.6 Å². The second-order valence-corrected chi connectivity index (χ2v) is 15.8. The molecular formula is C52H34F11N7O3. The van der Waals surface area contributed by atoms with Crippen LogP contribution in [-0.2, 0) is 18.5 Å². The average Bonchev–Trinajstić information content (AvgIpc) is 4.10. The number of para-hydroxylation sites is 1. The number of imidazole rings is 3. The number of alkyl halides is 11. The molecule has 0 amide bonds. The minimum absolute atomic E-state index is 0.0224. The number of hydrogen-bond acceptors (Lipinski definition) is 7. The van der Waals surface area contributed by atoms with Crippen molar-refractivity contribution < 1.29 is 62.5 Å². The van der Waals surface area contributed by atoms with Crippen LogP contribution in [0.15, 0.2) is 171 Å². The Labute approximate surface area is 406 Å². The van der Waals surface area contributed by atoms with Crippen LogP contribution >= 0.6 is 0 Å². The van der Waals surface area contributed by atoms with E-state index in [4.69, 9.17) is 14.7 Å². The SMILES string of the molecule is CC(F)(F)Oc1ccc(-c2ccc3c(C#N)nc(C(F)(F)F)n3c2)cc1.COc1ccc(-c2ccc3cnc(C(F)(F)F)n3c2)cc1.FC(F)(F)c1ncc2ccc(-c3ccc(Oc4ccccc4)cc3)cn12. The number of pyridine rings is 3. The lowest BCUT2D eigenvalue weighted by Crippen LogP contribution is -2.18. The van der Waals surface area contributed by atoms with Crippen molar-refractivity contribution in [2.24, 2.45) is 0 Å². The Balaban J connectivity index is 0.000000147. The summed E-state index contributed by atoms with van der Waals surface area (Å²) in [6, 6.07) is 40.4. The number of fused-ring (bicyclic) bond motifs is 3. The number of ether oxygens (including phenoxy) is 3. The van der Waals surface area contributed by atoms with Crippen LogP contribution in [0.4, 0.5) is 48.3 Å². The summed E-state index contributed by atoms with van der Waals surface area (Å²) in [5, 5.41) is 8.96. The van der Waals surface area contributed by atoms with Gasteiger partial charge in [-0.05, 0) is 100 Å². The molecule has 0 aliphatic carbocycles. The number of hydrogen-bond donors (Lipinski definition) is 0. The normalized spacial score (nSPS) is 11.9. The van der Waals surface area contributed by atoms with Crippen molar-refractivity contribution in [2.45, 2.75) is 31.6 Å². The third-order valence-corrected chi connectivity index (χ3v) is 10.6. The third kappa shape index (κ3) is 11.8. The average molecular weight is 1010 g/mol. The molecule has 6 heterocycles. The summed E-state index contributed by atoms with van der Waals surface area (Å²) in [4.78, 5) is 10.3. The van der Waals surface area contributed by atoms with E-state index in [-0.39, 0.29) is 17.0 Å². The first kappa shape index (κ1) is 50.5. The number of nitriles is 1. The Bertz CT molecular complexity index is 3560. The molecule has 0 N–H and O–H groups in total. The van der Waals surface area contributed by atoms with Crippen molar-refractivity contribution in [1.82, 2.24) is 28.2 Å². The monoisotopic (exact) mass is 1010 g/mol. The first-order chi connectivity index (χ1) is 34.6. The topological polar surface area (TPSA) is 103 Å². The van der Waals surface area contributed by atoms with E-state index < -0.39 is 42.1 Å². The van der Waals surface area contributed by atoms with E-state index in [1.807, 2.05) is 42.5 Å². The molecule has 0 saturated heterocycles. The van der Waals surface area contributed by atoms with Gasteiger partial charge in [0.25, 0.3) is 0 Å². The maximum Gasteiger partial charge on any atom is 0.450 e. The Kier molecular flexibility index (Phi) is 13.9. The zero-order chi connectivity index (χ0) is 52.3. The molecule has 6 aromatic heterocycles. The van der Waals surface area contributed by atoms with Crippen LogP contribution < -0.4 is 14.2 Å². The lowest BCUT2D eigenvalue weighted by Gasteiger charge is -2.13. The first-order valence-electron chi connectivity index (χ1n) is 21.3. The van der Waals surface area contributed by atoms with Crippen LogP contribution in [-0.4, -0.2) is 41.4 Å². The molecule has 0 radical (unpaired) electrons. The standard InChI is InChI=1S/C20H13F3N2O.C17H10F5N3O.C15H11F3N2O/c21-20(22,23)19-24-12-16-9-6-15(13-25(16)19)14-7-10-18(11-8-14)26-17-4-2-1-3-5-17;1-16(18,19)26-12-5-2-10(3-6-12)11-4-7-14-13(8-23)24-15(17(20,21)22)25(14)9-11;1-21-13-6-3-10(4-7-13)11-2-5-12-8-19-14(15(16,17)18)20(12)9-11/h1-13H;2-7,9H,1H3;2-9H,1H3. The summed E-state index contributed by atoms with van der Waals surface area (Å²) in [7, 11) is 1.56. The molecule has 10 rings (SSSR count). The molecule has 0 aliphatic heterocycles. The van der Waals surface area contributed by atoms with Crippen molar-refractivity contribution in [3.8, 4) is 62.4 Å². The van der Waals surface area contributed by atoms with Crippen molar-refractivity contribution in [3.05, 3.63) is 194 Å². The summed E-state index contributed by atoms with van der Waals surface area (Å²) in [6.07, 6.45) is -10.6. The van der Waals surface area contributed by atoms with Gasteiger partial charge in [-0.15, -0.1) is 0 Å². The fourth-order valence-corrected chi connectivity index (χ4v) is 7.33. The summed E-state index contributed by atoms with van der Waals surface area (Å²) in [6.45, 7) is 0.597. The molecule has 10 aromatic rings. The molecule has 10 nitrogen and oxygen atoms in total. The minimum Gasteiger partial charge on any atom is -0.497 e. The van der Waals surface area contributed by atoms with Gasteiger partial charge in [0.15, 0.2) is 5.69 Å². The van der Waals surface area contributed by atoms with Gasteiger partial charge in [0.05, 0.1) is 36.1 Å². The van der Waals surface area contributed by atoms with E-state index in [1.54, 1.807) is 73.8 Å². The summed E-state index contributed by atoms with van der Waals surface area (Å²) in [5.41, 5.74) is 4.28. The minimum atomic E-state index is -4.74. The highest BCUT2D eigenvalue weighted by molar-refractivity contribution is 5.70. The van der Waals surface area contributed by atoms with E-state index in [2.05, 4.69) is 19.7 Å². The molecule has 21 heteroatoms. The number of aromatic nitrogens is 6. The fourth-order valence-electron chi connectivity index (χ4n) is 7.33. The Morgan fingerprint density at radius 2 is 0.849 bits per heavy atom. The van der Waals surface area contributed by atoms with Crippen LogP contribution in [0.1, 0.15) is 30.1 Å². The van der Waals surface area contributed by atoms with Gasteiger partial charge in [-0.3, -0.25) is 13.2 Å². The van der Waals surface area contributed by atoms with E-state index in [1.165, 1.54) is 67.4 Å². The van der Waals surface area contributed by atoms with Crippen molar-refractivity contribution in [2.75, 3.05) is 7.11 Å². The Morgan fingerprint density at radius 1 is 0.452 bits per heavy atom.